The van der Waals surface area contributed by atoms with Crippen molar-refractivity contribution in [3.63, 3.8) is 0 Å². The van der Waals surface area contributed by atoms with E-state index < -0.39 is 24.1 Å². The van der Waals surface area contributed by atoms with Crippen molar-refractivity contribution in [3.05, 3.63) is 37.4 Å². The molecule has 0 saturated carbocycles. The molecule has 2 rings (SSSR count). The third-order valence-electron chi connectivity index (χ3n) is 3.15. The second-order valence-corrected chi connectivity index (χ2v) is 5.61. The molecule has 12 heteroatoms. The largest absolute Gasteiger partial charge is 0.547 e. The lowest BCUT2D eigenvalue weighted by Gasteiger charge is -2.18. The Hall–Kier alpha value is -2.80. The van der Waals surface area contributed by atoms with Gasteiger partial charge in [0.25, 0.3) is 0 Å². The van der Waals surface area contributed by atoms with E-state index >= 15 is 0 Å². The van der Waals surface area contributed by atoms with Gasteiger partial charge in [-0.15, -0.1) is 0 Å². The first kappa shape index (κ1) is 25.2. The van der Waals surface area contributed by atoms with Crippen LogP contribution in [0.25, 0.3) is 0 Å². The molecule has 0 fully saturated rings. The van der Waals surface area contributed by atoms with E-state index in [0.29, 0.717) is 13.1 Å². The molecule has 2 unspecified atom stereocenters. The number of nitrogens with zero attached hydrogens (tertiary/aromatic N) is 4. The molecule has 28 heavy (non-hydrogen) atoms. The molecule has 12 nitrogen and oxygen atoms in total. The lowest BCUT2D eigenvalue weighted by atomic mass is 10.2. The quantitative estimate of drug-likeness (QED) is 0.330. The number of aliphatic hydroxyl groups is 4. The van der Waals surface area contributed by atoms with Crippen molar-refractivity contribution in [1.82, 2.24) is 9.13 Å². The molecule has 0 spiro atoms. The minimum Gasteiger partial charge on any atom is -0.547 e. The zero-order valence-electron chi connectivity index (χ0n) is 15.7. The molecule has 2 aromatic heterocycles. The average molecular weight is 402 g/mol. The van der Waals surface area contributed by atoms with Gasteiger partial charge in [-0.25, -0.2) is 18.3 Å². The van der Waals surface area contributed by atoms with Crippen LogP contribution in [0.1, 0.15) is 0 Å². The van der Waals surface area contributed by atoms with Gasteiger partial charge in [0.05, 0.1) is 39.2 Å². The molecule has 4 N–H and O–H groups in total. The molecular weight excluding hydrogens is 376 g/mol. The third-order valence-corrected chi connectivity index (χ3v) is 3.15. The Morgan fingerprint density at radius 2 is 1.18 bits per heavy atom. The number of carboxylic acids is 2. The number of carbonyl (C=O) groups is 2. The number of hydrogen-bond acceptors (Lipinski definition) is 8. The molecule has 0 aromatic carbocycles. The van der Waals surface area contributed by atoms with Crippen molar-refractivity contribution in [2.24, 2.45) is 14.1 Å². The zero-order chi connectivity index (χ0) is 21.7. The van der Waals surface area contributed by atoms with E-state index in [1.165, 1.54) is 0 Å². The van der Waals surface area contributed by atoms with E-state index in [1.807, 2.05) is 69.8 Å². The molecular formula is C16H26N4O8. The summed E-state index contributed by atoms with van der Waals surface area (Å²) in [4.78, 5) is 19.3. The number of carboxylic acid groups (broad SMARTS) is 2. The molecule has 0 saturated heterocycles. The van der Waals surface area contributed by atoms with E-state index in [9.17, 15) is 19.8 Å². The summed E-state index contributed by atoms with van der Waals surface area (Å²) in [5.41, 5.74) is 0. The summed E-state index contributed by atoms with van der Waals surface area (Å²) in [6.07, 6.45) is 6.71. The number of carbonyl (C=O) groups excluding carboxylic acids is 2. The third kappa shape index (κ3) is 10.4. The second kappa shape index (κ2) is 13.4. The summed E-state index contributed by atoms with van der Waals surface area (Å²) in [6.45, 7) is 1.77. The summed E-state index contributed by atoms with van der Waals surface area (Å²) in [7, 11) is 3.90. The van der Waals surface area contributed by atoms with Gasteiger partial charge in [-0.3, -0.25) is 0 Å². The molecule has 2 heterocycles. The average Bonchev–Trinajstić information content (AvgIpc) is 3.23. The number of aliphatic hydroxyl groups excluding tert-OH is 4. The van der Waals surface area contributed by atoms with Crippen molar-refractivity contribution in [3.8, 4) is 0 Å². The van der Waals surface area contributed by atoms with Crippen molar-refractivity contribution in [2.45, 2.75) is 25.3 Å². The monoisotopic (exact) mass is 402 g/mol. The minimum atomic E-state index is -2.44. The summed E-state index contributed by atoms with van der Waals surface area (Å²) in [5, 5.41) is 52.7. The highest BCUT2D eigenvalue weighted by Gasteiger charge is 2.17. The molecule has 0 radical (unpaired) electrons. The summed E-state index contributed by atoms with van der Waals surface area (Å²) in [6, 6.07) is 0. The van der Waals surface area contributed by atoms with E-state index in [0.717, 1.165) is 0 Å². The van der Waals surface area contributed by atoms with Crippen LogP contribution in [0.15, 0.2) is 37.4 Å². The maximum Gasteiger partial charge on any atom is 0.243 e. The fourth-order valence-electron chi connectivity index (χ4n) is 1.76. The highest BCUT2D eigenvalue weighted by molar-refractivity contribution is 5.80. The van der Waals surface area contributed by atoms with Crippen molar-refractivity contribution in [2.75, 3.05) is 13.2 Å². The Kier molecular flexibility index (Phi) is 12.0. The van der Waals surface area contributed by atoms with Gasteiger partial charge in [0, 0.05) is 0 Å². The van der Waals surface area contributed by atoms with Crippen molar-refractivity contribution >= 4 is 11.9 Å². The zero-order valence-corrected chi connectivity index (χ0v) is 15.7. The van der Waals surface area contributed by atoms with Crippen LogP contribution in [0.2, 0.25) is 0 Å². The fraction of sp³-hybridized carbons (Fsp3) is 0.500. The van der Waals surface area contributed by atoms with Crippen LogP contribution in [0, 0.1) is 0 Å². The van der Waals surface area contributed by atoms with Crippen LogP contribution in [0.5, 0.6) is 0 Å². The second-order valence-electron chi connectivity index (χ2n) is 5.61. The highest BCUT2D eigenvalue weighted by atomic mass is 16.4. The van der Waals surface area contributed by atoms with Gasteiger partial charge < -0.3 is 40.2 Å². The number of imidazole rings is 2. The lowest BCUT2D eigenvalue weighted by molar-refractivity contribution is -0.671. The summed E-state index contributed by atoms with van der Waals surface area (Å²) in [5.74, 6) is -4.12. The smallest absolute Gasteiger partial charge is 0.243 e. The Morgan fingerprint density at radius 1 is 0.857 bits per heavy atom. The first-order valence-electron chi connectivity index (χ1n) is 8.14. The summed E-state index contributed by atoms with van der Waals surface area (Å²) < 4.78 is 7.74. The number of aliphatic carboxylic acids is 2. The molecule has 158 valence electrons. The maximum atomic E-state index is 9.63. The first-order valence-corrected chi connectivity index (χ1v) is 8.14. The van der Waals surface area contributed by atoms with E-state index in [-0.39, 0.29) is 13.2 Å². The van der Waals surface area contributed by atoms with Crippen LogP contribution in [0.4, 0.5) is 0 Å². The Bertz CT molecular complexity index is 655. The molecule has 0 bridgehead atoms. The van der Waals surface area contributed by atoms with Gasteiger partial charge in [0.2, 0.25) is 12.7 Å². The highest BCUT2D eigenvalue weighted by Crippen LogP contribution is 1.89. The molecule has 2 aromatic rings. The van der Waals surface area contributed by atoms with Crippen LogP contribution >= 0.6 is 0 Å². The predicted octanol–water partition coefficient (Wildman–Crippen LogP) is -6.18. The van der Waals surface area contributed by atoms with Crippen LogP contribution in [-0.2, 0) is 36.8 Å². The van der Waals surface area contributed by atoms with Gasteiger partial charge in [-0.05, 0) is 0 Å². The predicted molar refractivity (Wildman–Crippen MR) is 87.4 cm³/mol. The maximum absolute atomic E-state index is 9.63. The SMILES string of the molecule is C[n+]1ccn(CCO)c1.C[n+]1ccn(CCO)c1.O=C([O-])C(O)C(O)C(=O)[O-]. The minimum absolute atomic E-state index is 0.203. The Morgan fingerprint density at radius 3 is 1.36 bits per heavy atom. The molecule has 0 aliphatic heterocycles. The number of hydrogen-bond donors (Lipinski definition) is 4. The Labute approximate surface area is 161 Å². The van der Waals surface area contributed by atoms with Crippen LogP contribution < -0.4 is 19.3 Å². The van der Waals surface area contributed by atoms with Gasteiger partial charge in [0.15, 0.2) is 0 Å². The number of aromatic nitrogens is 4. The van der Waals surface area contributed by atoms with Crippen molar-refractivity contribution in [1.29, 1.82) is 0 Å². The standard InChI is InChI=1S/2C6H11N2O.C4H6O6/c2*1-7-2-3-8(6-7)4-5-9;5-1(3(7)8)2(6)4(9)10/h2*2-3,6,9H,4-5H2,1H3;1-2,5-6H,(H,7,8)(H,9,10)/q2*+1;/p-2. The van der Waals surface area contributed by atoms with Crippen LogP contribution in [-0.4, -0.2) is 66.9 Å². The normalized spacial score (nSPS) is 12.1. The number of rotatable bonds is 7. The summed E-state index contributed by atoms with van der Waals surface area (Å²) >= 11 is 0. The fourth-order valence-corrected chi connectivity index (χ4v) is 1.76. The van der Waals surface area contributed by atoms with E-state index in [4.69, 9.17) is 20.4 Å². The molecule has 0 aliphatic carbocycles. The van der Waals surface area contributed by atoms with E-state index in [1.54, 1.807) is 0 Å². The molecule has 0 aliphatic rings. The number of aryl methyl sites for hydroxylation is 2. The van der Waals surface area contributed by atoms with Crippen molar-refractivity contribution < 1.29 is 49.4 Å². The van der Waals surface area contributed by atoms with Gasteiger partial charge in [0.1, 0.15) is 50.1 Å². The first-order chi connectivity index (χ1) is 13.1. The van der Waals surface area contributed by atoms with Gasteiger partial charge in [-0.2, -0.15) is 0 Å². The Balaban J connectivity index is 0.000000391. The van der Waals surface area contributed by atoms with Crippen LogP contribution in [0.3, 0.4) is 0 Å². The lowest BCUT2D eigenvalue weighted by Crippen LogP contribution is -2.51. The topological polar surface area (TPSA) is 179 Å². The van der Waals surface area contributed by atoms with Gasteiger partial charge >= 0.3 is 0 Å². The van der Waals surface area contributed by atoms with E-state index in [2.05, 4.69) is 0 Å². The molecule has 2 atom stereocenters. The van der Waals surface area contributed by atoms with Gasteiger partial charge in [-0.1, -0.05) is 0 Å². The molecule has 0 amide bonds.